The lowest BCUT2D eigenvalue weighted by atomic mass is 9.98. The van der Waals surface area contributed by atoms with Gasteiger partial charge in [-0.1, -0.05) is 19.3 Å². The third-order valence-electron chi connectivity index (χ3n) is 22.3. The minimum Gasteiger partial charge on any atom is -0.376 e. The highest BCUT2D eigenvalue weighted by molar-refractivity contribution is 7.81. The first-order chi connectivity index (χ1) is 59.2. The molecule has 13 saturated heterocycles. The van der Waals surface area contributed by atoms with E-state index in [0.29, 0.717) is 122 Å². The van der Waals surface area contributed by atoms with Gasteiger partial charge in [0.05, 0.1) is 94.3 Å². The third kappa shape index (κ3) is 28.3. The first kappa shape index (κ1) is 98.2. The Bertz CT molecular complexity index is 4390. The van der Waals surface area contributed by atoms with Crippen LogP contribution in [0.3, 0.4) is 0 Å². The van der Waals surface area contributed by atoms with E-state index in [-0.39, 0.29) is 95.7 Å². The molecule has 0 aromatic carbocycles. The van der Waals surface area contributed by atoms with Gasteiger partial charge in [0.2, 0.25) is 0 Å². The van der Waals surface area contributed by atoms with E-state index in [9.17, 15) is 90.0 Å². The maximum atomic E-state index is 12.3. The second-order valence-corrected chi connectivity index (χ2v) is 36.1. The largest absolute Gasteiger partial charge is 0.418 e. The zero-order valence-electron chi connectivity index (χ0n) is 67.1. The molecule has 10 bridgehead atoms. The molecule has 15 rings (SSSR count). The Morgan fingerprint density at radius 1 is 0.368 bits per heavy atom. The molecule has 62 heteroatoms. The Kier molecular flexibility index (Phi) is 34.4. The Balaban J connectivity index is 0.000000152. The monoisotopic (exact) mass is 1900 g/mol. The second kappa shape index (κ2) is 43.8. The highest BCUT2D eigenvalue weighted by atomic mass is 32.3. The summed E-state index contributed by atoms with van der Waals surface area (Å²) >= 11 is 0. The molecule has 2 aliphatic carbocycles. The van der Waals surface area contributed by atoms with Crippen LogP contribution in [0.5, 0.6) is 0 Å². The molecule has 2 saturated carbocycles. The number of amides is 15. The van der Waals surface area contributed by atoms with Gasteiger partial charge in [-0.25, -0.2) is 51.4 Å². The average molecular weight is 1900 g/mol. The number of fused-ring (bicyclic) bond motifs is 10. The number of rotatable bonds is 35. The number of nitrogens with one attached hydrogen (secondary N) is 7. The Hall–Kier alpha value is -7.43. The molecule has 13 heterocycles. The molecule has 0 aromatic rings. The lowest BCUT2D eigenvalue weighted by molar-refractivity contribution is -0.144. The fourth-order valence-corrected chi connectivity index (χ4v) is 17.9. The summed E-state index contributed by atoms with van der Waals surface area (Å²) in [5.74, 6) is -2.50. The molecule has 0 spiro atoms. The molecule has 15 aliphatic rings. The highest BCUT2D eigenvalue weighted by Crippen LogP contribution is 2.37. The third-order valence-corrected chi connectivity index (χ3v) is 24.0. The predicted octanol–water partition coefficient (Wildman–Crippen LogP) is -5.43. The fraction of sp³-hybridized carbons (Fsp3) is 0.841. The predicted molar refractivity (Wildman–Crippen MR) is 405 cm³/mol. The minimum atomic E-state index is -4.81. The molecule has 710 valence electrons. The highest BCUT2D eigenvalue weighted by Gasteiger charge is 2.55. The van der Waals surface area contributed by atoms with Crippen molar-refractivity contribution in [1.29, 1.82) is 0 Å². The molecule has 15 amide bonds. The van der Waals surface area contributed by atoms with E-state index >= 15 is 0 Å². The van der Waals surface area contributed by atoms with Gasteiger partial charge >= 0.3 is 82.2 Å². The van der Waals surface area contributed by atoms with Crippen molar-refractivity contribution in [2.45, 2.75) is 225 Å². The van der Waals surface area contributed by atoms with Crippen molar-refractivity contribution in [1.82, 2.24) is 87.8 Å². The quantitative estimate of drug-likeness (QED) is 0.0160. The first-order valence-corrected chi connectivity index (χ1v) is 47.1. The summed E-state index contributed by atoms with van der Waals surface area (Å²) in [5, 5.41) is 9.19. The minimum absolute atomic E-state index is 0.0585. The summed E-state index contributed by atoms with van der Waals surface area (Å²) in [6.07, 6.45) is 14.0. The summed E-state index contributed by atoms with van der Waals surface area (Å²) in [6, 6.07) is -10.7. The topological polar surface area (TPSA) is 714 Å². The van der Waals surface area contributed by atoms with Gasteiger partial charge in [-0.05, 0) is 116 Å². The van der Waals surface area contributed by atoms with Crippen LogP contribution in [0, 0.1) is 0 Å². The van der Waals surface area contributed by atoms with Gasteiger partial charge in [0.15, 0.2) is 0 Å². The average Bonchev–Trinajstić information content (AvgIpc) is 1.65. The van der Waals surface area contributed by atoms with Gasteiger partial charge in [-0.3, -0.25) is 70.9 Å². The number of hydrogen-bond acceptors (Lipinski definition) is 37. The SMILES string of the molecule is NC1CC1ONC(=O)[C@@H]1CC[C@@H]2CN1C(=O)N2OS(=O)(=O)O.O=C(NOCC1CCCCO1)[C@@H]1CC[C@@H]2CN1C(=O)N2OS(=O)(=O)O.O=C(NOCCOC1CCCCC1)[C@@H]1CC[C@@H]2CN1C(=O)N2OS(=O)(=O)O.O=C(NOCCOC1CCNC1)[C@@H]1CC[C@@H]2CN1C(=O)N2OS(=O)(=O)O.O=C(NOCCOC1CNC1)[C@@H]1CC[C@@H]2CN1C(=O)N2OS(=O)(=O)O. The Morgan fingerprint density at radius 3 is 0.960 bits per heavy atom. The number of nitrogens with zero attached hydrogens (tertiary/aromatic N) is 10. The van der Waals surface area contributed by atoms with E-state index in [1.165, 1.54) is 43.8 Å². The van der Waals surface area contributed by atoms with E-state index in [2.05, 4.69) is 59.5 Å². The number of nitrogens with two attached hydrogens (primary N) is 1. The van der Waals surface area contributed by atoms with Crippen molar-refractivity contribution in [2.75, 3.05) is 112 Å². The van der Waals surface area contributed by atoms with Crippen LogP contribution in [0.1, 0.15) is 128 Å². The van der Waals surface area contributed by atoms with Gasteiger partial charge in [0, 0.05) is 65.0 Å². The number of hydroxylamine groups is 15. The number of piperidine rings is 5. The molecule has 0 aromatic heterocycles. The molecule has 13 aliphatic heterocycles. The van der Waals surface area contributed by atoms with Crippen LogP contribution in [-0.2, 0) is 141 Å². The van der Waals surface area contributed by atoms with Crippen molar-refractivity contribution in [3.05, 3.63) is 0 Å². The van der Waals surface area contributed by atoms with Crippen molar-refractivity contribution in [3.63, 3.8) is 0 Å². The lowest BCUT2D eigenvalue weighted by Gasteiger charge is -2.29. The Morgan fingerprint density at radius 2 is 0.672 bits per heavy atom. The van der Waals surface area contributed by atoms with E-state index in [1.54, 1.807) is 0 Å². The van der Waals surface area contributed by atoms with Crippen LogP contribution in [0.25, 0.3) is 0 Å². The van der Waals surface area contributed by atoms with Crippen LogP contribution in [-0.4, -0.2) is 383 Å². The normalized spacial score (nSPS) is 29.0. The van der Waals surface area contributed by atoms with Gasteiger partial charge in [0.25, 0.3) is 29.5 Å². The van der Waals surface area contributed by atoms with Crippen molar-refractivity contribution in [2.24, 2.45) is 5.73 Å². The summed E-state index contributed by atoms with van der Waals surface area (Å²) < 4.78 is 196. The molecule has 125 heavy (non-hydrogen) atoms. The smallest absolute Gasteiger partial charge is 0.376 e. The van der Waals surface area contributed by atoms with E-state index in [4.69, 9.17) is 71.6 Å². The maximum absolute atomic E-state index is 12.3. The number of hydrogen-bond donors (Lipinski definition) is 13. The fourth-order valence-electron chi connectivity index (χ4n) is 16.0. The summed E-state index contributed by atoms with van der Waals surface area (Å²) in [5.41, 5.74) is 17.0. The molecule has 57 nitrogen and oxygen atoms in total. The maximum Gasteiger partial charge on any atom is 0.418 e. The zero-order valence-corrected chi connectivity index (χ0v) is 71.2. The molecular formula is C63H104N18O39S5. The Labute approximate surface area is 716 Å². The van der Waals surface area contributed by atoms with Crippen LogP contribution in [0.15, 0.2) is 0 Å². The van der Waals surface area contributed by atoms with Crippen molar-refractivity contribution < 1.29 is 177 Å². The number of ether oxygens (including phenoxy) is 4. The first-order valence-electron chi connectivity index (χ1n) is 40.3. The van der Waals surface area contributed by atoms with Crippen molar-refractivity contribution >= 4 is 112 Å². The van der Waals surface area contributed by atoms with Gasteiger partial charge in [-0.2, -0.15) is 67.4 Å². The lowest BCUT2D eigenvalue weighted by Crippen LogP contribution is -2.50. The van der Waals surface area contributed by atoms with Gasteiger partial charge in [-0.15, -0.1) is 21.4 Å². The second-order valence-electron chi connectivity index (χ2n) is 31.0. The molecular weight excluding hydrogens is 1790 g/mol. The number of carbonyl (C=O) groups is 10. The summed E-state index contributed by atoms with van der Waals surface area (Å²) in [4.78, 5) is 154. The van der Waals surface area contributed by atoms with Crippen LogP contribution < -0.4 is 43.8 Å². The molecule has 15 fully saturated rings. The zero-order chi connectivity index (χ0) is 90.3. The van der Waals surface area contributed by atoms with Crippen LogP contribution in [0.2, 0.25) is 0 Å². The molecule has 0 radical (unpaired) electrons. The number of carbonyl (C=O) groups excluding carboxylic acids is 10. The van der Waals surface area contributed by atoms with Gasteiger partial charge in [0.1, 0.15) is 42.9 Å². The van der Waals surface area contributed by atoms with E-state index < -0.39 is 172 Å². The number of urea groups is 5. The van der Waals surface area contributed by atoms with Crippen LogP contribution in [0.4, 0.5) is 24.0 Å². The molecule has 14 N–H and O–H groups in total. The van der Waals surface area contributed by atoms with E-state index in [1.807, 2.05) is 0 Å². The summed E-state index contributed by atoms with van der Waals surface area (Å²) in [7, 11) is -24.0. The van der Waals surface area contributed by atoms with Gasteiger partial charge < -0.3 is 59.8 Å². The van der Waals surface area contributed by atoms with E-state index in [0.717, 1.165) is 64.7 Å². The summed E-state index contributed by atoms with van der Waals surface area (Å²) in [6.45, 7) is 6.47. The standard InChI is InChI=1S/C15H25N3O8S.C13H22N4O8S.C13H21N3O8S.C12H20N4O8S.C10H16N4O7S/c19-14(16-25-9-8-24-12-4-2-1-3-5-12)13-7-6-11-10-17(13)15(20)18(11)26-27(21,22)23;18-12(15-24-6-5-23-10-3-4-14-7-10)11-2-1-9-8-16(11)13(19)17(9)25-26(20,21)22;17-12(14-23-8-10-3-1-2-6-22-10)11-5-4-9-7-15(11)13(18)16(9)24-25(19,20)21;17-11(14-23-4-3-22-9-5-13-6-9)10-2-1-8-7-15(10)12(18)16(8)24-25(19,20)21;11-6-3-8(6)20-12-9(15)7-2-1-5-4-13(7)10(16)14(5)21-22(17,18)19/h11-13H,1-10H2,(H,16,19)(H,21,22,23);9-11,14H,1-8H2,(H,15,18)(H,20,21,22);9-11H,1-8H2,(H,14,17)(H,19,20,21);8-10,13H,1-7H2,(H,14,17)(H,19,20,21);5-8H,1-4,11H2,(H,12,15)(H,17,18,19)/t11-,13+;2*9-,10?,11+;8-,10+;5-,6?,7+,8?/m11111/s1. The molecule has 4 unspecified atom stereocenters. The van der Waals surface area contributed by atoms with Crippen molar-refractivity contribution in [3.8, 4) is 0 Å². The molecule has 14 atom stereocenters. The van der Waals surface area contributed by atoms with Crippen LogP contribution >= 0.6 is 0 Å².